The van der Waals surface area contributed by atoms with Crippen LogP contribution in [0.5, 0.6) is 0 Å². The zero-order chi connectivity index (χ0) is 11.4. The molecule has 16 heavy (non-hydrogen) atoms. The van der Waals surface area contributed by atoms with Gasteiger partial charge in [0.25, 0.3) is 0 Å². The summed E-state index contributed by atoms with van der Waals surface area (Å²) in [7, 11) is 0. The van der Waals surface area contributed by atoms with Gasteiger partial charge in [0, 0.05) is 11.0 Å². The third-order valence-electron chi connectivity index (χ3n) is 3.15. The minimum atomic E-state index is 0.112. The highest BCUT2D eigenvalue weighted by atomic mass is 79.9. The summed E-state index contributed by atoms with van der Waals surface area (Å²) < 4.78 is 1.13. The smallest absolute Gasteiger partial charge is 0.137 e. The van der Waals surface area contributed by atoms with Gasteiger partial charge in [-0.2, -0.15) is 0 Å². The summed E-state index contributed by atoms with van der Waals surface area (Å²) in [6.07, 6.45) is 4.48. The van der Waals surface area contributed by atoms with Gasteiger partial charge in [0.2, 0.25) is 0 Å². The summed E-state index contributed by atoms with van der Waals surface area (Å²) in [6.45, 7) is 1.90. The predicted molar refractivity (Wildman–Crippen MR) is 68.3 cm³/mol. The van der Waals surface area contributed by atoms with Crippen LogP contribution in [0.15, 0.2) is 28.7 Å². The molecular formula is C13H16BrNO. The minimum absolute atomic E-state index is 0.112. The Hall–Kier alpha value is -0.670. The molecule has 1 aliphatic heterocycles. The van der Waals surface area contributed by atoms with E-state index in [9.17, 15) is 4.79 Å². The average molecular weight is 282 g/mol. The lowest BCUT2D eigenvalue weighted by Crippen LogP contribution is -2.39. The van der Waals surface area contributed by atoms with Gasteiger partial charge in [0.1, 0.15) is 6.29 Å². The first-order valence-electron chi connectivity index (χ1n) is 5.74. The number of halogens is 1. The van der Waals surface area contributed by atoms with E-state index in [2.05, 4.69) is 33.0 Å². The summed E-state index contributed by atoms with van der Waals surface area (Å²) >= 11 is 3.55. The van der Waals surface area contributed by atoms with Crippen LogP contribution < -0.4 is 0 Å². The average Bonchev–Trinajstić information content (AvgIpc) is 2.33. The molecule has 1 aromatic carbocycles. The largest absolute Gasteiger partial charge is 0.302 e. The van der Waals surface area contributed by atoms with Gasteiger partial charge >= 0.3 is 0 Å². The minimum Gasteiger partial charge on any atom is -0.302 e. The summed E-state index contributed by atoms with van der Waals surface area (Å²) in [5.74, 6) is 0. The molecule has 0 aromatic heterocycles. The first-order chi connectivity index (χ1) is 7.81. The highest BCUT2D eigenvalue weighted by molar-refractivity contribution is 9.10. The predicted octanol–water partition coefficient (Wildman–Crippen LogP) is 3.00. The SMILES string of the molecule is O=CC1CCCCN1Cc1ccccc1Br. The fourth-order valence-electron chi connectivity index (χ4n) is 2.21. The van der Waals surface area contributed by atoms with E-state index >= 15 is 0 Å². The maximum absolute atomic E-state index is 11.0. The van der Waals surface area contributed by atoms with Crippen LogP contribution in [0.3, 0.4) is 0 Å². The third kappa shape index (κ3) is 2.71. The van der Waals surface area contributed by atoms with Gasteiger partial charge in [-0.25, -0.2) is 0 Å². The maximum atomic E-state index is 11.0. The molecule has 1 atom stereocenters. The number of hydrogen-bond acceptors (Lipinski definition) is 2. The van der Waals surface area contributed by atoms with Crippen LogP contribution in [-0.4, -0.2) is 23.8 Å². The second-order valence-electron chi connectivity index (χ2n) is 4.26. The van der Waals surface area contributed by atoms with E-state index in [0.29, 0.717) is 0 Å². The Morgan fingerprint density at radius 3 is 2.94 bits per heavy atom. The van der Waals surface area contributed by atoms with Gasteiger partial charge in [-0.3, -0.25) is 4.90 Å². The fourth-order valence-corrected chi connectivity index (χ4v) is 2.62. The molecule has 1 fully saturated rings. The number of likely N-dealkylation sites (tertiary alicyclic amines) is 1. The van der Waals surface area contributed by atoms with Crippen molar-refractivity contribution < 1.29 is 4.79 Å². The van der Waals surface area contributed by atoms with Crippen LogP contribution in [0.2, 0.25) is 0 Å². The van der Waals surface area contributed by atoms with E-state index in [-0.39, 0.29) is 6.04 Å². The highest BCUT2D eigenvalue weighted by Gasteiger charge is 2.21. The fraction of sp³-hybridized carbons (Fsp3) is 0.462. The Morgan fingerprint density at radius 1 is 1.38 bits per heavy atom. The van der Waals surface area contributed by atoms with E-state index in [1.165, 1.54) is 18.4 Å². The van der Waals surface area contributed by atoms with Crippen molar-refractivity contribution in [1.82, 2.24) is 4.90 Å². The maximum Gasteiger partial charge on any atom is 0.137 e. The van der Waals surface area contributed by atoms with E-state index < -0.39 is 0 Å². The van der Waals surface area contributed by atoms with Crippen molar-refractivity contribution in [3.05, 3.63) is 34.3 Å². The lowest BCUT2D eigenvalue weighted by atomic mass is 10.0. The number of rotatable bonds is 3. The molecule has 86 valence electrons. The van der Waals surface area contributed by atoms with Gasteiger partial charge in [-0.15, -0.1) is 0 Å². The molecule has 1 saturated heterocycles. The summed E-state index contributed by atoms with van der Waals surface area (Å²) in [5.41, 5.74) is 1.26. The number of aldehydes is 1. The highest BCUT2D eigenvalue weighted by Crippen LogP contribution is 2.22. The third-order valence-corrected chi connectivity index (χ3v) is 3.93. The molecule has 2 nitrogen and oxygen atoms in total. The lowest BCUT2D eigenvalue weighted by Gasteiger charge is -2.32. The number of benzene rings is 1. The molecule has 0 saturated carbocycles. The van der Waals surface area contributed by atoms with Gasteiger partial charge in [-0.05, 0) is 31.0 Å². The van der Waals surface area contributed by atoms with Crippen LogP contribution in [0, 0.1) is 0 Å². The van der Waals surface area contributed by atoms with E-state index in [1.807, 2.05) is 12.1 Å². The Balaban J connectivity index is 2.08. The lowest BCUT2D eigenvalue weighted by molar-refractivity contribution is -0.113. The van der Waals surface area contributed by atoms with Crippen LogP contribution >= 0.6 is 15.9 Å². The quantitative estimate of drug-likeness (QED) is 0.794. The Bertz CT molecular complexity index is 367. The summed E-state index contributed by atoms with van der Waals surface area (Å²) in [4.78, 5) is 13.3. The normalized spacial score (nSPS) is 21.9. The number of carbonyl (C=O) groups excluding carboxylic acids is 1. The molecule has 2 rings (SSSR count). The Labute approximate surface area is 105 Å². The molecule has 0 radical (unpaired) electrons. The van der Waals surface area contributed by atoms with Gasteiger partial charge in [0.15, 0.2) is 0 Å². The Morgan fingerprint density at radius 2 is 2.19 bits per heavy atom. The zero-order valence-corrected chi connectivity index (χ0v) is 10.8. The van der Waals surface area contributed by atoms with E-state index in [0.717, 1.165) is 30.3 Å². The van der Waals surface area contributed by atoms with E-state index in [4.69, 9.17) is 0 Å². The van der Waals surface area contributed by atoms with Crippen LogP contribution in [0.4, 0.5) is 0 Å². The second-order valence-corrected chi connectivity index (χ2v) is 5.12. The molecule has 1 heterocycles. The molecule has 0 amide bonds. The van der Waals surface area contributed by atoms with Gasteiger partial charge in [0.05, 0.1) is 6.04 Å². The van der Waals surface area contributed by atoms with Crippen molar-refractivity contribution in [1.29, 1.82) is 0 Å². The van der Waals surface area contributed by atoms with Crippen molar-refractivity contribution in [2.75, 3.05) is 6.54 Å². The molecule has 0 spiro atoms. The monoisotopic (exact) mass is 281 g/mol. The summed E-state index contributed by atoms with van der Waals surface area (Å²) in [6, 6.07) is 8.33. The molecule has 1 aliphatic rings. The zero-order valence-electron chi connectivity index (χ0n) is 9.23. The van der Waals surface area contributed by atoms with Crippen LogP contribution in [0.25, 0.3) is 0 Å². The van der Waals surface area contributed by atoms with Crippen LogP contribution in [0.1, 0.15) is 24.8 Å². The molecule has 1 aromatic rings. The standard InChI is InChI=1S/C13H16BrNO/c14-13-7-2-1-5-11(13)9-15-8-4-3-6-12(15)10-16/h1-2,5,7,10,12H,3-4,6,8-9H2. The Kier molecular flexibility index (Phi) is 4.13. The molecule has 3 heteroatoms. The summed E-state index contributed by atoms with van der Waals surface area (Å²) in [5, 5.41) is 0. The number of piperidine rings is 1. The van der Waals surface area contributed by atoms with Crippen molar-refractivity contribution in [3.63, 3.8) is 0 Å². The van der Waals surface area contributed by atoms with Crippen molar-refractivity contribution in [2.24, 2.45) is 0 Å². The first-order valence-corrected chi connectivity index (χ1v) is 6.53. The molecule has 0 bridgehead atoms. The second kappa shape index (κ2) is 5.60. The number of carbonyl (C=O) groups is 1. The van der Waals surface area contributed by atoms with Crippen LogP contribution in [-0.2, 0) is 11.3 Å². The van der Waals surface area contributed by atoms with E-state index in [1.54, 1.807) is 0 Å². The number of hydrogen-bond donors (Lipinski definition) is 0. The van der Waals surface area contributed by atoms with Gasteiger partial charge in [-0.1, -0.05) is 40.5 Å². The molecular weight excluding hydrogens is 266 g/mol. The first kappa shape index (κ1) is 11.8. The topological polar surface area (TPSA) is 20.3 Å². The van der Waals surface area contributed by atoms with Crippen molar-refractivity contribution >= 4 is 22.2 Å². The van der Waals surface area contributed by atoms with Crippen molar-refractivity contribution in [2.45, 2.75) is 31.8 Å². The van der Waals surface area contributed by atoms with Gasteiger partial charge < -0.3 is 4.79 Å². The van der Waals surface area contributed by atoms with Crippen molar-refractivity contribution in [3.8, 4) is 0 Å². The molecule has 0 N–H and O–H groups in total. The molecule has 0 aliphatic carbocycles. The molecule has 1 unspecified atom stereocenters. The number of nitrogens with zero attached hydrogens (tertiary/aromatic N) is 1.